The summed E-state index contributed by atoms with van der Waals surface area (Å²) in [5, 5.41) is 10.5. The fourth-order valence-corrected chi connectivity index (χ4v) is 1.16. The number of rotatable bonds is 2. The van der Waals surface area contributed by atoms with Gasteiger partial charge in [-0.05, 0) is 25.6 Å². The Morgan fingerprint density at radius 3 is 2.09 bits per heavy atom. The van der Waals surface area contributed by atoms with E-state index >= 15 is 0 Å². The molecule has 0 aliphatic heterocycles. The summed E-state index contributed by atoms with van der Waals surface area (Å²) in [4.78, 5) is 0. The molecule has 0 atom stereocenters. The van der Waals surface area contributed by atoms with Crippen LogP contribution in [0.1, 0.15) is 13.8 Å². The average Bonchev–Trinajstić information content (AvgIpc) is 1.55. The molecule has 0 aromatic heterocycles. The molecule has 2 nitrogen and oxygen atoms in total. The molecular formula is C5H8F3NOS. The van der Waals surface area contributed by atoms with E-state index in [0.717, 1.165) is 6.21 Å². The average molecular weight is 187 g/mol. The zero-order valence-corrected chi connectivity index (χ0v) is 6.83. The van der Waals surface area contributed by atoms with E-state index < -0.39 is 10.3 Å². The smallest absolute Gasteiger partial charge is 0.411 e. The minimum absolute atomic E-state index is 0.226. The maximum absolute atomic E-state index is 11.7. The molecule has 0 radical (unpaired) electrons. The molecule has 1 N–H and O–H groups in total. The highest BCUT2D eigenvalue weighted by Crippen LogP contribution is 2.39. The lowest BCUT2D eigenvalue weighted by Gasteiger charge is -2.18. The predicted molar refractivity (Wildman–Crippen MR) is 38.0 cm³/mol. The van der Waals surface area contributed by atoms with E-state index in [4.69, 9.17) is 5.21 Å². The summed E-state index contributed by atoms with van der Waals surface area (Å²) in [5.41, 5.74) is -4.30. The molecule has 0 aromatic carbocycles. The van der Waals surface area contributed by atoms with Gasteiger partial charge in [-0.25, -0.2) is 0 Å². The van der Waals surface area contributed by atoms with Crippen molar-refractivity contribution in [2.24, 2.45) is 5.16 Å². The maximum atomic E-state index is 11.7. The highest BCUT2D eigenvalue weighted by molar-refractivity contribution is 8.02. The Morgan fingerprint density at radius 2 is 1.82 bits per heavy atom. The van der Waals surface area contributed by atoms with E-state index in [1.165, 1.54) is 13.8 Å². The molecule has 0 unspecified atom stereocenters. The van der Waals surface area contributed by atoms with E-state index in [0.29, 0.717) is 0 Å². The van der Waals surface area contributed by atoms with Gasteiger partial charge < -0.3 is 5.21 Å². The Kier molecular flexibility index (Phi) is 3.22. The SMILES string of the molecule is CC(C)(/C=N/O)SC(F)(F)F. The standard InChI is InChI=1S/C5H8F3NOS/c1-4(2,3-9-10)11-5(6,7)8/h3,10H,1-2H3/b9-3+. The Hall–Kier alpha value is -0.390. The molecule has 0 aromatic rings. The van der Waals surface area contributed by atoms with Gasteiger partial charge >= 0.3 is 5.51 Å². The number of hydrogen-bond donors (Lipinski definition) is 1. The third-order valence-corrected chi connectivity index (χ3v) is 1.61. The van der Waals surface area contributed by atoms with Crippen molar-refractivity contribution in [3.63, 3.8) is 0 Å². The monoisotopic (exact) mass is 187 g/mol. The molecule has 0 saturated carbocycles. The van der Waals surface area contributed by atoms with Crippen LogP contribution in [0.25, 0.3) is 0 Å². The third-order valence-electron chi connectivity index (χ3n) is 0.747. The predicted octanol–water partition coefficient (Wildman–Crippen LogP) is 2.48. The van der Waals surface area contributed by atoms with Crippen molar-refractivity contribution < 1.29 is 18.4 Å². The Morgan fingerprint density at radius 1 is 1.36 bits per heavy atom. The summed E-state index contributed by atoms with van der Waals surface area (Å²) < 4.78 is 33.9. The molecule has 0 rings (SSSR count). The molecule has 6 heteroatoms. The van der Waals surface area contributed by atoms with Gasteiger partial charge in [0.2, 0.25) is 0 Å². The lowest BCUT2D eigenvalue weighted by Crippen LogP contribution is -2.22. The van der Waals surface area contributed by atoms with Crippen molar-refractivity contribution in [1.29, 1.82) is 0 Å². The highest BCUT2D eigenvalue weighted by Gasteiger charge is 2.36. The van der Waals surface area contributed by atoms with Crippen molar-refractivity contribution in [3.05, 3.63) is 0 Å². The van der Waals surface area contributed by atoms with Crippen LogP contribution >= 0.6 is 11.8 Å². The van der Waals surface area contributed by atoms with Crippen LogP contribution < -0.4 is 0 Å². The first-order chi connectivity index (χ1) is 4.77. The van der Waals surface area contributed by atoms with Crippen LogP contribution in [-0.4, -0.2) is 21.7 Å². The van der Waals surface area contributed by atoms with Crippen molar-refractivity contribution in [3.8, 4) is 0 Å². The van der Waals surface area contributed by atoms with Crippen LogP contribution in [0.5, 0.6) is 0 Å². The van der Waals surface area contributed by atoms with Gasteiger partial charge in [0.05, 0.1) is 11.0 Å². The summed E-state index contributed by atoms with van der Waals surface area (Å²) in [5.74, 6) is 0. The normalized spacial score (nSPS) is 14.3. The zero-order chi connectivity index (χ0) is 9.12. The fraction of sp³-hybridized carbons (Fsp3) is 0.800. The van der Waals surface area contributed by atoms with Gasteiger partial charge in [0.25, 0.3) is 0 Å². The molecule has 0 fully saturated rings. The zero-order valence-electron chi connectivity index (χ0n) is 6.01. The number of nitrogens with zero attached hydrogens (tertiary/aromatic N) is 1. The van der Waals surface area contributed by atoms with Crippen LogP contribution in [0, 0.1) is 0 Å². The van der Waals surface area contributed by atoms with Crippen LogP contribution in [0.2, 0.25) is 0 Å². The Labute approximate surface area is 66.5 Å². The van der Waals surface area contributed by atoms with Gasteiger partial charge in [0, 0.05) is 0 Å². The van der Waals surface area contributed by atoms with Gasteiger partial charge in [-0.2, -0.15) is 13.2 Å². The first-order valence-corrected chi connectivity index (χ1v) is 3.54. The number of oxime groups is 1. The van der Waals surface area contributed by atoms with E-state index in [1.54, 1.807) is 0 Å². The topological polar surface area (TPSA) is 32.6 Å². The molecule has 0 saturated heterocycles. The van der Waals surface area contributed by atoms with Crippen molar-refractivity contribution in [2.45, 2.75) is 24.1 Å². The lowest BCUT2D eigenvalue weighted by molar-refractivity contribution is -0.0335. The van der Waals surface area contributed by atoms with Crippen molar-refractivity contribution in [2.75, 3.05) is 0 Å². The molecule has 0 bridgehead atoms. The second-order valence-electron chi connectivity index (χ2n) is 2.40. The molecule has 66 valence electrons. The first kappa shape index (κ1) is 10.6. The number of alkyl halides is 3. The first-order valence-electron chi connectivity index (χ1n) is 2.72. The highest BCUT2D eigenvalue weighted by atomic mass is 32.2. The Balaban J connectivity index is 4.13. The summed E-state index contributed by atoms with van der Waals surface area (Å²) >= 11 is -0.226. The van der Waals surface area contributed by atoms with Crippen molar-refractivity contribution in [1.82, 2.24) is 0 Å². The molecule has 11 heavy (non-hydrogen) atoms. The summed E-state index contributed by atoms with van der Waals surface area (Å²) in [6.07, 6.45) is 0.838. The summed E-state index contributed by atoms with van der Waals surface area (Å²) in [7, 11) is 0. The Bertz CT molecular complexity index is 154. The number of halogens is 3. The molecule has 0 spiro atoms. The van der Waals surface area contributed by atoms with Gasteiger partial charge in [-0.1, -0.05) is 0 Å². The molecule has 0 heterocycles. The summed E-state index contributed by atoms with van der Waals surface area (Å²) in [6, 6.07) is 0. The second kappa shape index (κ2) is 3.34. The second-order valence-corrected chi connectivity index (χ2v) is 4.12. The number of hydrogen-bond acceptors (Lipinski definition) is 3. The minimum atomic E-state index is -4.30. The number of thioether (sulfide) groups is 1. The molecule has 0 amide bonds. The van der Waals surface area contributed by atoms with Crippen LogP contribution in [-0.2, 0) is 0 Å². The van der Waals surface area contributed by atoms with Crippen LogP contribution in [0.3, 0.4) is 0 Å². The third kappa shape index (κ3) is 6.03. The molecular weight excluding hydrogens is 179 g/mol. The van der Waals surface area contributed by atoms with E-state index in [9.17, 15) is 13.2 Å². The van der Waals surface area contributed by atoms with Gasteiger partial charge in [-0.15, -0.1) is 5.16 Å². The summed E-state index contributed by atoms with van der Waals surface area (Å²) in [6.45, 7) is 2.62. The van der Waals surface area contributed by atoms with Gasteiger partial charge in [0.15, 0.2) is 0 Å². The van der Waals surface area contributed by atoms with E-state index in [1.807, 2.05) is 0 Å². The molecule has 0 aliphatic rings. The van der Waals surface area contributed by atoms with Crippen molar-refractivity contribution >= 4 is 18.0 Å². The quantitative estimate of drug-likeness (QED) is 0.409. The largest absolute Gasteiger partial charge is 0.442 e. The fourth-order valence-electron chi connectivity index (χ4n) is 0.464. The van der Waals surface area contributed by atoms with E-state index in [-0.39, 0.29) is 11.8 Å². The maximum Gasteiger partial charge on any atom is 0.442 e. The lowest BCUT2D eigenvalue weighted by atomic mass is 10.2. The molecule has 0 aliphatic carbocycles. The van der Waals surface area contributed by atoms with E-state index in [2.05, 4.69) is 5.16 Å². The minimum Gasteiger partial charge on any atom is -0.411 e. The van der Waals surface area contributed by atoms with Gasteiger partial charge in [-0.3, -0.25) is 0 Å². The van der Waals surface area contributed by atoms with Gasteiger partial charge in [0.1, 0.15) is 0 Å². The van der Waals surface area contributed by atoms with Crippen LogP contribution in [0.4, 0.5) is 13.2 Å². The van der Waals surface area contributed by atoms with Crippen LogP contribution in [0.15, 0.2) is 5.16 Å².